The molecule has 0 aliphatic carbocycles. The fourth-order valence-electron chi connectivity index (χ4n) is 2.90. The van der Waals surface area contributed by atoms with Crippen molar-refractivity contribution in [2.75, 3.05) is 0 Å². The van der Waals surface area contributed by atoms with Gasteiger partial charge in [0.15, 0.2) is 6.10 Å². The van der Waals surface area contributed by atoms with Crippen molar-refractivity contribution in [2.24, 2.45) is 0 Å². The molecule has 1 aromatic heterocycles. The van der Waals surface area contributed by atoms with Crippen molar-refractivity contribution < 1.29 is 14.1 Å². The van der Waals surface area contributed by atoms with Gasteiger partial charge in [0.25, 0.3) is 5.91 Å². The molecule has 1 atom stereocenters. The molecule has 0 aliphatic rings. The zero-order chi connectivity index (χ0) is 21.0. The summed E-state index contributed by atoms with van der Waals surface area (Å²) in [4.78, 5) is 19.1. The van der Waals surface area contributed by atoms with Crippen molar-refractivity contribution >= 4 is 5.91 Å². The van der Waals surface area contributed by atoms with Gasteiger partial charge in [-0.2, -0.15) is 4.98 Å². The third-order valence-electron chi connectivity index (χ3n) is 4.67. The number of hydrogen-bond acceptors (Lipinski definition) is 5. The van der Waals surface area contributed by atoms with Crippen molar-refractivity contribution in [3.05, 3.63) is 65.5 Å². The Morgan fingerprint density at radius 1 is 1.00 bits per heavy atom. The van der Waals surface area contributed by atoms with Gasteiger partial charge in [0.05, 0.1) is 0 Å². The topological polar surface area (TPSA) is 68.5 Å². The molecule has 0 saturated carbocycles. The first-order valence-corrected chi connectivity index (χ1v) is 9.77. The van der Waals surface area contributed by atoms with Gasteiger partial charge < -0.3 is 14.2 Å². The Bertz CT molecular complexity index is 946. The lowest BCUT2D eigenvalue weighted by Crippen LogP contribution is -2.43. The fraction of sp³-hybridized carbons (Fsp3) is 0.348. The number of ether oxygens (including phenoxy) is 1. The Labute approximate surface area is 171 Å². The van der Waals surface area contributed by atoms with Crippen LogP contribution in [0.15, 0.2) is 53.1 Å². The van der Waals surface area contributed by atoms with E-state index in [4.69, 9.17) is 9.26 Å². The van der Waals surface area contributed by atoms with Crippen LogP contribution in [0, 0.1) is 13.8 Å². The monoisotopic (exact) mass is 393 g/mol. The largest absolute Gasteiger partial charge is 0.481 e. The fourth-order valence-corrected chi connectivity index (χ4v) is 2.90. The molecule has 0 radical (unpaired) electrons. The SMILES string of the molecule is Cc1ccc(O[C@H](C)C(=O)N(Cc2nc(-c3ccc(C)cc3)no2)C(C)C)cc1. The van der Waals surface area contributed by atoms with E-state index in [2.05, 4.69) is 10.1 Å². The van der Waals surface area contributed by atoms with Gasteiger partial charge in [-0.25, -0.2) is 0 Å². The predicted molar refractivity (Wildman–Crippen MR) is 111 cm³/mol. The molecule has 0 N–H and O–H groups in total. The van der Waals surface area contributed by atoms with Crippen molar-refractivity contribution in [3.8, 4) is 17.1 Å². The minimum Gasteiger partial charge on any atom is -0.481 e. The van der Waals surface area contributed by atoms with E-state index in [1.807, 2.05) is 76.2 Å². The minimum atomic E-state index is -0.625. The summed E-state index contributed by atoms with van der Waals surface area (Å²) in [6.45, 7) is 9.92. The Balaban J connectivity index is 1.70. The molecule has 0 unspecified atom stereocenters. The van der Waals surface area contributed by atoms with Gasteiger partial charge >= 0.3 is 0 Å². The highest BCUT2D eigenvalue weighted by Gasteiger charge is 2.26. The number of nitrogens with zero attached hydrogens (tertiary/aromatic N) is 3. The van der Waals surface area contributed by atoms with E-state index in [-0.39, 0.29) is 18.5 Å². The Hall–Kier alpha value is -3.15. The predicted octanol–water partition coefficient (Wildman–Crippen LogP) is 4.56. The van der Waals surface area contributed by atoms with Gasteiger partial charge in [0, 0.05) is 11.6 Å². The maximum absolute atomic E-state index is 13.0. The van der Waals surface area contributed by atoms with Crippen LogP contribution in [0.25, 0.3) is 11.4 Å². The summed E-state index contributed by atoms with van der Waals surface area (Å²) in [5.41, 5.74) is 3.18. The van der Waals surface area contributed by atoms with Gasteiger partial charge in [-0.1, -0.05) is 52.7 Å². The van der Waals surface area contributed by atoms with Crippen LogP contribution in [0.1, 0.15) is 37.8 Å². The smallest absolute Gasteiger partial charge is 0.264 e. The zero-order valence-electron chi connectivity index (χ0n) is 17.5. The highest BCUT2D eigenvalue weighted by atomic mass is 16.5. The molecule has 3 rings (SSSR count). The molecule has 29 heavy (non-hydrogen) atoms. The number of carbonyl (C=O) groups is 1. The number of carbonyl (C=O) groups excluding carboxylic acids is 1. The van der Waals surface area contributed by atoms with E-state index in [1.54, 1.807) is 11.8 Å². The number of rotatable bonds is 7. The highest BCUT2D eigenvalue weighted by molar-refractivity contribution is 5.81. The van der Waals surface area contributed by atoms with Crippen LogP contribution in [0.5, 0.6) is 5.75 Å². The van der Waals surface area contributed by atoms with E-state index >= 15 is 0 Å². The molecule has 152 valence electrons. The second-order valence-electron chi connectivity index (χ2n) is 7.51. The van der Waals surface area contributed by atoms with Crippen LogP contribution in [-0.4, -0.2) is 33.1 Å². The van der Waals surface area contributed by atoms with E-state index in [0.717, 1.165) is 16.7 Å². The molecule has 1 amide bonds. The van der Waals surface area contributed by atoms with Crippen LogP contribution in [0.2, 0.25) is 0 Å². The first-order valence-electron chi connectivity index (χ1n) is 9.77. The molecule has 0 aliphatic heterocycles. The summed E-state index contributed by atoms with van der Waals surface area (Å²) < 4.78 is 11.2. The van der Waals surface area contributed by atoms with E-state index in [0.29, 0.717) is 17.5 Å². The maximum atomic E-state index is 13.0. The molecule has 0 fully saturated rings. The first kappa shape index (κ1) is 20.6. The number of aromatic nitrogens is 2. The van der Waals surface area contributed by atoms with E-state index < -0.39 is 6.10 Å². The van der Waals surface area contributed by atoms with Gasteiger partial charge in [-0.05, 0) is 46.8 Å². The third kappa shape index (κ3) is 5.22. The van der Waals surface area contributed by atoms with Crippen LogP contribution in [-0.2, 0) is 11.3 Å². The van der Waals surface area contributed by atoms with Crippen LogP contribution >= 0.6 is 0 Å². The Kier molecular flexibility index (Phi) is 6.32. The summed E-state index contributed by atoms with van der Waals surface area (Å²) in [6.07, 6.45) is -0.625. The van der Waals surface area contributed by atoms with E-state index in [9.17, 15) is 4.79 Å². The van der Waals surface area contributed by atoms with Gasteiger partial charge in [0.2, 0.25) is 11.7 Å². The summed E-state index contributed by atoms with van der Waals surface area (Å²) in [5, 5.41) is 4.05. The van der Waals surface area contributed by atoms with Crippen molar-refractivity contribution in [1.82, 2.24) is 15.0 Å². The average Bonchev–Trinajstić information content (AvgIpc) is 3.16. The molecule has 0 spiro atoms. The van der Waals surface area contributed by atoms with Crippen molar-refractivity contribution in [1.29, 1.82) is 0 Å². The average molecular weight is 393 g/mol. The van der Waals surface area contributed by atoms with E-state index in [1.165, 1.54) is 0 Å². The molecule has 3 aromatic rings. The zero-order valence-corrected chi connectivity index (χ0v) is 17.5. The quantitative estimate of drug-likeness (QED) is 0.589. The molecule has 2 aromatic carbocycles. The van der Waals surface area contributed by atoms with Crippen molar-refractivity contribution in [2.45, 2.75) is 53.3 Å². The summed E-state index contributed by atoms with van der Waals surface area (Å²) >= 11 is 0. The third-order valence-corrected chi connectivity index (χ3v) is 4.67. The molecule has 6 heteroatoms. The summed E-state index contributed by atoms with van der Waals surface area (Å²) in [7, 11) is 0. The molecular weight excluding hydrogens is 366 g/mol. The van der Waals surface area contributed by atoms with Crippen LogP contribution in [0.4, 0.5) is 0 Å². The second-order valence-corrected chi connectivity index (χ2v) is 7.51. The van der Waals surface area contributed by atoms with Gasteiger partial charge in [-0.3, -0.25) is 4.79 Å². The Morgan fingerprint density at radius 3 is 2.17 bits per heavy atom. The first-order chi connectivity index (χ1) is 13.8. The number of amides is 1. The minimum absolute atomic E-state index is 0.0405. The highest BCUT2D eigenvalue weighted by Crippen LogP contribution is 2.19. The number of aryl methyl sites for hydroxylation is 2. The molecule has 0 saturated heterocycles. The summed E-state index contributed by atoms with van der Waals surface area (Å²) in [6, 6.07) is 15.5. The second kappa shape index (κ2) is 8.90. The molecular formula is C23H27N3O3. The maximum Gasteiger partial charge on any atom is 0.264 e. The lowest BCUT2D eigenvalue weighted by molar-refractivity contribution is -0.140. The summed E-state index contributed by atoms with van der Waals surface area (Å²) in [5.74, 6) is 1.44. The molecule has 0 bridgehead atoms. The molecule has 1 heterocycles. The standard InChI is InChI=1S/C23H27N3O3/c1-15(2)26(23(27)18(5)28-20-12-8-17(4)9-13-20)14-21-24-22(25-29-21)19-10-6-16(3)7-11-19/h6-13,15,18H,14H2,1-5H3/t18-/m1/s1. The lowest BCUT2D eigenvalue weighted by Gasteiger charge is -2.28. The number of hydrogen-bond donors (Lipinski definition) is 0. The van der Waals surface area contributed by atoms with Gasteiger partial charge in [0.1, 0.15) is 12.3 Å². The molecule has 6 nitrogen and oxygen atoms in total. The number of benzene rings is 2. The van der Waals surface area contributed by atoms with Crippen LogP contribution in [0.3, 0.4) is 0 Å². The lowest BCUT2D eigenvalue weighted by atomic mass is 10.1. The normalized spacial score (nSPS) is 12.1. The van der Waals surface area contributed by atoms with Gasteiger partial charge in [-0.15, -0.1) is 0 Å². The van der Waals surface area contributed by atoms with Crippen LogP contribution < -0.4 is 4.74 Å². The van der Waals surface area contributed by atoms with Crippen molar-refractivity contribution in [3.63, 3.8) is 0 Å². The Morgan fingerprint density at radius 2 is 1.59 bits per heavy atom.